The highest BCUT2D eigenvalue weighted by molar-refractivity contribution is 9.09. The van der Waals surface area contributed by atoms with E-state index in [9.17, 15) is 0 Å². The Labute approximate surface area is 75.0 Å². The first kappa shape index (κ1) is 8.29. The van der Waals surface area contributed by atoms with Crippen LogP contribution in [0.5, 0.6) is 0 Å². The topological polar surface area (TPSA) is 12.9 Å². The van der Waals surface area contributed by atoms with Gasteiger partial charge in [0, 0.05) is 29.7 Å². The van der Waals surface area contributed by atoms with Crippen molar-refractivity contribution in [1.82, 2.24) is 4.98 Å². The first-order chi connectivity index (χ1) is 5.43. The number of pyridine rings is 1. The van der Waals surface area contributed by atoms with Gasteiger partial charge >= 0.3 is 0 Å². The van der Waals surface area contributed by atoms with Gasteiger partial charge in [-0.3, -0.25) is 4.98 Å². The fraction of sp³-hybridized carbons (Fsp3) is 0.222. The molecular weight excluding hydrogens is 202 g/mol. The van der Waals surface area contributed by atoms with E-state index >= 15 is 0 Å². The lowest BCUT2D eigenvalue weighted by molar-refractivity contribution is 1.30. The largest absolute Gasteiger partial charge is 0.265 e. The minimum absolute atomic E-state index is 0.891. The van der Waals surface area contributed by atoms with E-state index in [2.05, 4.69) is 32.8 Å². The molecule has 0 aliphatic rings. The molecule has 1 aromatic rings. The van der Waals surface area contributed by atoms with Gasteiger partial charge in [0.25, 0.3) is 0 Å². The summed E-state index contributed by atoms with van der Waals surface area (Å²) in [5.41, 5.74) is 1.03. The third-order valence-corrected chi connectivity index (χ3v) is 1.53. The third-order valence-electron chi connectivity index (χ3n) is 1.13. The second-order valence-electron chi connectivity index (χ2n) is 1.98. The molecule has 0 aliphatic carbocycles. The van der Waals surface area contributed by atoms with Crippen molar-refractivity contribution in [3.05, 3.63) is 30.1 Å². The van der Waals surface area contributed by atoms with E-state index in [1.807, 2.05) is 12.1 Å². The molecule has 56 valence electrons. The summed E-state index contributed by atoms with van der Waals surface area (Å²) >= 11 is 3.31. The van der Waals surface area contributed by atoms with Crippen molar-refractivity contribution in [1.29, 1.82) is 0 Å². The highest BCUT2D eigenvalue weighted by Crippen LogP contribution is 1.92. The lowest BCUT2D eigenvalue weighted by atomic mass is 10.3. The van der Waals surface area contributed by atoms with Crippen LogP contribution in [0.25, 0.3) is 0 Å². The molecule has 11 heavy (non-hydrogen) atoms. The van der Waals surface area contributed by atoms with Crippen molar-refractivity contribution in [3.63, 3.8) is 0 Å². The van der Waals surface area contributed by atoms with Crippen LogP contribution in [0, 0.1) is 11.8 Å². The Balaban J connectivity index is 2.59. The highest BCUT2D eigenvalue weighted by atomic mass is 79.9. The Morgan fingerprint density at radius 1 is 1.36 bits per heavy atom. The molecule has 0 fully saturated rings. The zero-order valence-electron chi connectivity index (χ0n) is 6.05. The fourth-order valence-corrected chi connectivity index (χ4v) is 0.845. The predicted molar refractivity (Wildman–Crippen MR) is 49.5 cm³/mol. The smallest absolute Gasteiger partial charge is 0.0280 e. The van der Waals surface area contributed by atoms with Crippen molar-refractivity contribution >= 4 is 15.9 Å². The summed E-state index contributed by atoms with van der Waals surface area (Å²) in [6.45, 7) is 0. The van der Waals surface area contributed by atoms with E-state index < -0.39 is 0 Å². The molecular formula is C9H8BrN. The van der Waals surface area contributed by atoms with Gasteiger partial charge in [-0.1, -0.05) is 27.8 Å². The average molecular weight is 210 g/mol. The maximum absolute atomic E-state index is 3.90. The molecule has 0 atom stereocenters. The second-order valence-corrected chi connectivity index (χ2v) is 2.77. The maximum Gasteiger partial charge on any atom is 0.0280 e. The normalized spacial score (nSPS) is 8.45. The zero-order chi connectivity index (χ0) is 7.94. The van der Waals surface area contributed by atoms with Gasteiger partial charge in [0.2, 0.25) is 0 Å². The van der Waals surface area contributed by atoms with Gasteiger partial charge in [-0.25, -0.2) is 0 Å². The van der Waals surface area contributed by atoms with Gasteiger partial charge in [0.15, 0.2) is 0 Å². The summed E-state index contributed by atoms with van der Waals surface area (Å²) in [5, 5.41) is 0.936. The zero-order valence-corrected chi connectivity index (χ0v) is 7.63. The Kier molecular flexibility index (Phi) is 3.71. The number of nitrogens with zero attached hydrogens (tertiary/aromatic N) is 1. The summed E-state index contributed by atoms with van der Waals surface area (Å²) in [6, 6.07) is 3.81. The summed E-state index contributed by atoms with van der Waals surface area (Å²) in [4.78, 5) is 3.90. The number of aromatic nitrogens is 1. The molecule has 0 amide bonds. The molecule has 0 saturated heterocycles. The number of hydrogen-bond donors (Lipinski definition) is 0. The van der Waals surface area contributed by atoms with Gasteiger partial charge in [-0.2, -0.15) is 0 Å². The van der Waals surface area contributed by atoms with E-state index in [0.717, 1.165) is 17.3 Å². The molecule has 1 rings (SSSR count). The molecule has 2 heteroatoms. The van der Waals surface area contributed by atoms with Crippen LogP contribution in [-0.2, 0) is 0 Å². The lowest BCUT2D eigenvalue weighted by Crippen LogP contribution is -1.74. The maximum atomic E-state index is 3.90. The number of rotatable bonds is 1. The van der Waals surface area contributed by atoms with Crippen LogP contribution >= 0.6 is 15.9 Å². The predicted octanol–water partition coefficient (Wildman–Crippen LogP) is 2.22. The molecule has 0 unspecified atom stereocenters. The van der Waals surface area contributed by atoms with E-state index in [1.54, 1.807) is 12.4 Å². The molecule has 0 spiro atoms. The molecule has 0 aliphatic heterocycles. The lowest BCUT2D eigenvalue weighted by Gasteiger charge is -1.84. The molecule has 0 radical (unpaired) electrons. The van der Waals surface area contributed by atoms with Crippen molar-refractivity contribution < 1.29 is 0 Å². The minimum Gasteiger partial charge on any atom is -0.265 e. The summed E-state index contributed by atoms with van der Waals surface area (Å²) in [6.07, 6.45) is 4.39. The molecule has 0 saturated carbocycles. The summed E-state index contributed by atoms with van der Waals surface area (Å²) < 4.78 is 0. The van der Waals surface area contributed by atoms with Crippen molar-refractivity contribution in [3.8, 4) is 11.8 Å². The van der Waals surface area contributed by atoms with Crippen LogP contribution in [0.3, 0.4) is 0 Å². The van der Waals surface area contributed by atoms with Crippen molar-refractivity contribution in [2.24, 2.45) is 0 Å². The number of hydrogen-bond acceptors (Lipinski definition) is 1. The Hall–Kier alpha value is -0.810. The molecule has 0 N–H and O–H groups in total. The highest BCUT2D eigenvalue weighted by Gasteiger charge is 1.80. The van der Waals surface area contributed by atoms with Crippen molar-refractivity contribution in [2.75, 3.05) is 5.33 Å². The monoisotopic (exact) mass is 209 g/mol. The fourth-order valence-electron chi connectivity index (χ4n) is 0.647. The SMILES string of the molecule is BrCCC#Cc1ccncc1. The standard InChI is InChI=1S/C9H8BrN/c10-6-2-1-3-9-4-7-11-8-5-9/h4-5,7-8H,2,6H2. The summed E-state index contributed by atoms with van der Waals surface area (Å²) in [7, 11) is 0. The van der Waals surface area contributed by atoms with E-state index in [-0.39, 0.29) is 0 Å². The first-order valence-electron chi connectivity index (χ1n) is 3.38. The van der Waals surface area contributed by atoms with Crippen LogP contribution in [0.15, 0.2) is 24.5 Å². The van der Waals surface area contributed by atoms with Gasteiger partial charge in [0.05, 0.1) is 0 Å². The van der Waals surface area contributed by atoms with Gasteiger partial charge in [-0.05, 0) is 12.1 Å². The van der Waals surface area contributed by atoms with E-state index in [1.165, 1.54) is 0 Å². The first-order valence-corrected chi connectivity index (χ1v) is 4.50. The third kappa shape index (κ3) is 3.20. The molecule has 1 heterocycles. The second kappa shape index (κ2) is 4.92. The van der Waals surface area contributed by atoms with E-state index in [4.69, 9.17) is 0 Å². The number of alkyl halides is 1. The average Bonchev–Trinajstić information content (AvgIpc) is 2.07. The van der Waals surface area contributed by atoms with Crippen LogP contribution in [0.2, 0.25) is 0 Å². The Bertz CT molecular complexity index is 258. The van der Waals surface area contributed by atoms with Gasteiger partial charge in [0.1, 0.15) is 0 Å². The van der Waals surface area contributed by atoms with E-state index in [0.29, 0.717) is 0 Å². The molecule has 0 bridgehead atoms. The molecule has 1 nitrogen and oxygen atoms in total. The number of halogens is 1. The van der Waals surface area contributed by atoms with Crippen molar-refractivity contribution in [2.45, 2.75) is 6.42 Å². The van der Waals surface area contributed by atoms with Gasteiger partial charge in [-0.15, -0.1) is 0 Å². The summed E-state index contributed by atoms with van der Waals surface area (Å²) in [5.74, 6) is 6.05. The molecule has 0 aromatic carbocycles. The van der Waals surface area contributed by atoms with Crippen LogP contribution in [-0.4, -0.2) is 10.3 Å². The molecule has 1 aromatic heterocycles. The van der Waals surface area contributed by atoms with Crippen LogP contribution in [0.1, 0.15) is 12.0 Å². The quantitative estimate of drug-likeness (QED) is 0.511. The van der Waals surface area contributed by atoms with Crippen LogP contribution < -0.4 is 0 Å². The minimum atomic E-state index is 0.891. The Morgan fingerprint density at radius 3 is 2.73 bits per heavy atom. The Morgan fingerprint density at radius 2 is 2.09 bits per heavy atom. The van der Waals surface area contributed by atoms with Gasteiger partial charge < -0.3 is 0 Å². The van der Waals surface area contributed by atoms with Crippen LogP contribution in [0.4, 0.5) is 0 Å².